The van der Waals surface area contributed by atoms with Crippen LogP contribution in [0.5, 0.6) is 11.5 Å². The molecule has 1 fully saturated rings. The van der Waals surface area contributed by atoms with Gasteiger partial charge in [-0.15, -0.1) is 0 Å². The summed E-state index contributed by atoms with van der Waals surface area (Å²) in [4.78, 5) is 2.42. The summed E-state index contributed by atoms with van der Waals surface area (Å²) in [6.45, 7) is 12.4. The molecule has 4 rings (SSSR count). The van der Waals surface area contributed by atoms with Gasteiger partial charge in [-0.1, -0.05) is 13.8 Å². The summed E-state index contributed by atoms with van der Waals surface area (Å²) in [5.74, 6) is 3.15. The van der Waals surface area contributed by atoms with Crippen molar-refractivity contribution < 1.29 is 23.4 Å². The topological polar surface area (TPSA) is 70.6 Å². The van der Waals surface area contributed by atoms with Gasteiger partial charge in [0.2, 0.25) is 5.71 Å². The zero-order chi connectivity index (χ0) is 24.4. The molecule has 0 spiro atoms. The molecule has 8 heteroatoms. The van der Waals surface area contributed by atoms with Gasteiger partial charge in [-0.2, -0.15) is 9.61 Å². The molecule has 186 valence electrons. The quantitative estimate of drug-likeness (QED) is 0.418. The van der Waals surface area contributed by atoms with Crippen molar-refractivity contribution in [3.05, 3.63) is 29.2 Å². The van der Waals surface area contributed by atoms with Gasteiger partial charge in [0.05, 0.1) is 38.7 Å². The van der Waals surface area contributed by atoms with Crippen LogP contribution in [-0.2, 0) is 16.1 Å². The molecule has 0 saturated carbocycles. The van der Waals surface area contributed by atoms with Crippen LogP contribution in [0.25, 0.3) is 17.0 Å². The number of anilines is 1. The fourth-order valence-corrected chi connectivity index (χ4v) is 4.92. The zero-order valence-corrected chi connectivity index (χ0v) is 21.4. The number of benzene rings is 1. The van der Waals surface area contributed by atoms with E-state index < -0.39 is 0 Å². The molecule has 3 aromatic rings. The van der Waals surface area contributed by atoms with E-state index in [2.05, 4.69) is 18.7 Å². The van der Waals surface area contributed by atoms with E-state index in [1.165, 1.54) is 0 Å². The summed E-state index contributed by atoms with van der Waals surface area (Å²) in [5, 5.41) is 4.94. The maximum Gasteiger partial charge on any atom is 0.246 e. The smallest absolute Gasteiger partial charge is 0.246 e. The predicted molar refractivity (Wildman–Crippen MR) is 132 cm³/mol. The first-order valence-corrected chi connectivity index (χ1v) is 11.9. The van der Waals surface area contributed by atoms with Gasteiger partial charge in [-0.25, -0.2) is 0 Å². The highest BCUT2D eigenvalue weighted by Crippen LogP contribution is 2.44. The Bertz CT molecular complexity index is 1100. The highest BCUT2D eigenvalue weighted by atomic mass is 16.5. The number of nitrogens with zero attached hydrogens (tertiary/aromatic N) is 3. The maximum atomic E-state index is 6.40. The number of aryl methyl sites for hydroxylation is 2. The second-order valence-electron chi connectivity index (χ2n) is 9.49. The van der Waals surface area contributed by atoms with Gasteiger partial charge in [0.25, 0.3) is 0 Å². The normalized spacial score (nSPS) is 16.1. The Kier molecular flexibility index (Phi) is 7.38. The number of aromatic nitrogens is 2. The van der Waals surface area contributed by atoms with Crippen LogP contribution in [0.1, 0.15) is 37.3 Å². The second kappa shape index (κ2) is 10.3. The van der Waals surface area contributed by atoms with Gasteiger partial charge >= 0.3 is 0 Å². The molecule has 0 bridgehead atoms. The van der Waals surface area contributed by atoms with Crippen LogP contribution in [0.2, 0.25) is 0 Å². The molecule has 1 aromatic carbocycles. The standard InChI is InChI=1S/C26H37N3O5/c1-16(2)12-28(13-19-8-9-33-15-19)24-17(3)27-29-25(18(4)34-26(24)29)23-21(31-6)10-20(14-30-5)11-22(23)32-7/h10-11,16,19H,8-9,12-15H2,1-7H3. The average Bonchev–Trinajstić information content (AvgIpc) is 3.48. The molecule has 2 aromatic heterocycles. The van der Waals surface area contributed by atoms with Gasteiger partial charge in [0.15, 0.2) is 0 Å². The summed E-state index contributed by atoms with van der Waals surface area (Å²) >= 11 is 0. The lowest BCUT2D eigenvalue weighted by molar-refractivity contribution is 0.184. The highest BCUT2D eigenvalue weighted by molar-refractivity contribution is 5.81. The van der Waals surface area contributed by atoms with Gasteiger partial charge in [0.1, 0.15) is 28.6 Å². The van der Waals surface area contributed by atoms with Crippen molar-refractivity contribution in [1.82, 2.24) is 9.61 Å². The number of fused-ring (bicyclic) bond motifs is 1. The number of hydrogen-bond donors (Lipinski definition) is 0. The van der Waals surface area contributed by atoms with Crippen LogP contribution in [0, 0.1) is 25.7 Å². The summed E-state index contributed by atoms with van der Waals surface area (Å²) in [6.07, 6.45) is 1.09. The van der Waals surface area contributed by atoms with Crippen molar-refractivity contribution in [3.8, 4) is 22.8 Å². The Hall–Kier alpha value is -2.71. The monoisotopic (exact) mass is 471 g/mol. The summed E-state index contributed by atoms with van der Waals surface area (Å²) in [5.41, 5.74) is 5.34. The van der Waals surface area contributed by atoms with E-state index >= 15 is 0 Å². The summed E-state index contributed by atoms with van der Waals surface area (Å²) in [7, 11) is 5.00. The minimum absolute atomic E-state index is 0.465. The molecule has 0 amide bonds. The molecule has 1 unspecified atom stereocenters. The van der Waals surface area contributed by atoms with E-state index in [0.29, 0.717) is 29.9 Å². The molecule has 1 aliphatic rings. The van der Waals surface area contributed by atoms with Crippen molar-refractivity contribution in [2.45, 2.75) is 40.7 Å². The van der Waals surface area contributed by atoms with Gasteiger partial charge < -0.3 is 28.3 Å². The Morgan fingerprint density at radius 3 is 2.41 bits per heavy atom. The number of methoxy groups -OCH3 is 3. The lowest BCUT2D eigenvalue weighted by atomic mass is 10.0. The van der Waals surface area contributed by atoms with Crippen molar-refractivity contribution >= 4 is 11.4 Å². The fraction of sp³-hybridized carbons (Fsp3) is 0.577. The molecule has 1 atom stereocenters. The van der Waals surface area contributed by atoms with Crippen LogP contribution in [0.3, 0.4) is 0 Å². The van der Waals surface area contributed by atoms with E-state index in [1.807, 2.05) is 30.5 Å². The Labute approximate surface area is 201 Å². The molecule has 0 radical (unpaired) electrons. The van der Waals surface area contributed by atoms with E-state index in [0.717, 1.165) is 72.4 Å². The number of oxazole rings is 1. The van der Waals surface area contributed by atoms with E-state index in [1.54, 1.807) is 21.3 Å². The third kappa shape index (κ3) is 4.61. The Morgan fingerprint density at radius 2 is 1.85 bits per heavy atom. The molecule has 8 nitrogen and oxygen atoms in total. The first-order chi connectivity index (χ1) is 16.4. The van der Waals surface area contributed by atoms with Crippen LogP contribution in [-0.4, -0.2) is 57.2 Å². The zero-order valence-electron chi connectivity index (χ0n) is 21.4. The first-order valence-electron chi connectivity index (χ1n) is 11.9. The lowest BCUT2D eigenvalue weighted by Crippen LogP contribution is -2.33. The van der Waals surface area contributed by atoms with Gasteiger partial charge in [0, 0.05) is 32.7 Å². The fourth-order valence-electron chi connectivity index (χ4n) is 4.92. The summed E-state index contributed by atoms with van der Waals surface area (Å²) < 4.78 is 30.8. The maximum absolute atomic E-state index is 6.40. The first kappa shape index (κ1) is 24.4. The van der Waals surface area contributed by atoms with Gasteiger partial charge in [-0.3, -0.25) is 0 Å². The van der Waals surface area contributed by atoms with Crippen molar-refractivity contribution in [2.75, 3.05) is 52.5 Å². The molecular formula is C26H37N3O5. The van der Waals surface area contributed by atoms with Crippen LogP contribution < -0.4 is 14.4 Å². The van der Waals surface area contributed by atoms with E-state index in [9.17, 15) is 0 Å². The largest absolute Gasteiger partial charge is 0.496 e. The second-order valence-corrected chi connectivity index (χ2v) is 9.49. The molecular weight excluding hydrogens is 434 g/mol. The molecule has 0 aliphatic carbocycles. The SMILES string of the molecule is COCc1cc(OC)c(-c2c(C)oc3c(N(CC(C)C)CC4CCOC4)c(C)nn23)c(OC)c1. The minimum Gasteiger partial charge on any atom is -0.496 e. The van der Waals surface area contributed by atoms with Crippen LogP contribution in [0.15, 0.2) is 16.5 Å². The molecule has 34 heavy (non-hydrogen) atoms. The molecule has 0 N–H and O–H groups in total. The highest BCUT2D eigenvalue weighted by Gasteiger charge is 2.29. The van der Waals surface area contributed by atoms with E-state index in [-0.39, 0.29) is 0 Å². The van der Waals surface area contributed by atoms with Crippen molar-refractivity contribution in [1.29, 1.82) is 0 Å². The molecule has 3 heterocycles. The Morgan fingerprint density at radius 1 is 1.15 bits per heavy atom. The van der Waals surface area contributed by atoms with Gasteiger partial charge in [-0.05, 0) is 43.9 Å². The third-order valence-electron chi connectivity index (χ3n) is 6.30. The number of hydrogen-bond acceptors (Lipinski definition) is 7. The Balaban J connectivity index is 1.86. The minimum atomic E-state index is 0.465. The van der Waals surface area contributed by atoms with Crippen molar-refractivity contribution in [3.63, 3.8) is 0 Å². The number of ether oxygens (including phenoxy) is 4. The predicted octanol–water partition coefficient (Wildman–Crippen LogP) is 4.87. The third-order valence-corrected chi connectivity index (χ3v) is 6.30. The average molecular weight is 472 g/mol. The van der Waals surface area contributed by atoms with Crippen LogP contribution >= 0.6 is 0 Å². The lowest BCUT2D eigenvalue weighted by Gasteiger charge is -2.28. The number of rotatable bonds is 10. The molecule has 1 aliphatic heterocycles. The molecule has 1 saturated heterocycles. The van der Waals surface area contributed by atoms with E-state index in [4.69, 9.17) is 28.5 Å². The summed E-state index contributed by atoms with van der Waals surface area (Å²) in [6, 6.07) is 3.95. The van der Waals surface area contributed by atoms with Crippen LogP contribution in [0.4, 0.5) is 5.69 Å². The van der Waals surface area contributed by atoms with Crippen molar-refractivity contribution in [2.24, 2.45) is 11.8 Å².